The maximum absolute atomic E-state index is 13.9. The van der Waals surface area contributed by atoms with Crippen molar-refractivity contribution in [3.05, 3.63) is 47.4 Å². The first-order valence-electron chi connectivity index (χ1n) is 6.24. The Hall–Kier alpha value is -1.68. The molecule has 0 aliphatic heterocycles. The van der Waals surface area contributed by atoms with Crippen molar-refractivity contribution in [3.8, 4) is 11.1 Å². The van der Waals surface area contributed by atoms with E-state index in [9.17, 15) is 8.78 Å². The van der Waals surface area contributed by atoms with Gasteiger partial charge in [-0.15, -0.1) is 0 Å². The summed E-state index contributed by atoms with van der Waals surface area (Å²) in [5.74, 6) is -0.248. The minimum absolute atomic E-state index is 0.234. The molecule has 0 aliphatic rings. The molecule has 0 amide bonds. The lowest BCUT2D eigenvalue weighted by atomic mass is 10.0. The lowest BCUT2D eigenvalue weighted by Gasteiger charge is -2.09. The number of aryl methyl sites for hydroxylation is 1. The molecule has 19 heavy (non-hydrogen) atoms. The largest absolute Gasteiger partial charge is 0.467 e. The second-order valence-electron chi connectivity index (χ2n) is 4.87. The SMILES string of the molecule is Cc1cc(F)c(-c2ccoc2CNC(C)C)cc1F. The number of hydrogen-bond acceptors (Lipinski definition) is 2. The molecule has 102 valence electrons. The van der Waals surface area contributed by atoms with E-state index in [4.69, 9.17) is 4.42 Å². The molecule has 1 heterocycles. The van der Waals surface area contributed by atoms with E-state index < -0.39 is 11.6 Å². The fourth-order valence-corrected chi connectivity index (χ4v) is 1.87. The Morgan fingerprint density at radius 3 is 2.58 bits per heavy atom. The molecule has 0 atom stereocenters. The van der Waals surface area contributed by atoms with Crippen molar-refractivity contribution in [1.29, 1.82) is 0 Å². The fraction of sp³-hybridized carbons (Fsp3) is 0.333. The molecule has 4 heteroatoms. The summed E-state index contributed by atoms with van der Waals surface area (Å²) >= 11 is 0. The highest BCUT2D eigenvalue weighted by molar-refractivity contribution is 5.66. The third kappa shape index (κ3) is 3.01. The number of nitrogens with one attached hydrogen (secondary N) is 1. The minimum Gasteiger partial charge on any atom is -0.467 e. The number of hydrogen-bond donors (Lipinski definition) is 1. The number of benzene rings is 1. The van der Waals surface area contributed by atoms with Crippen LogP contribution in [-0.4, -0.2) is 6.04 Å². The summed E-state index contributed by atoms with van der Waals surface area (Å²) in [6.07, 6.45) is 1.49. The lowest BCUT2D eigenvalue weighted by Crippen LogP contribution is -2.21. The van der Waals surface area contributed by atoms with Crippen LogP contribution in [-0.2, 0) is 6.54 Å². The molecule has 1 aromatic carbocycles. The van der Waals surface area contributed by atoms with Gasteiger partial charge < -0.3 is 9.73 Å². The second kappa shape index (κ2) is 5.53. The van der Waals surface area contributed by atoms with Crippen LogP contribution in [0.25, 0.3) is 11.1 Å². The second-order valence-corrected chi connectivity index (χ2v) is 4.87. The van der Waals surface area contributed by atoms with Crippen LogP contribution in [0.4, 0.5) is 8.78 Å². The summed E-state index contributed by atoms with van der Waals surface area (Å²) in [5, 5.41) is 3.19. The standard InChI is InChI=1S/C15H17F2NO/c1-9(2)18-8-15-11(4-5-19-15)12-7-13(16)10(3)6-14(12)17/h4-7,9,18H,8H2,1-3H3. The van der Waals surface area contributed by atoms with Gasteiger partial charge in [-0.1, -0.05) is 13.8 Å². The highest BCUT2D eigenvalue weighted by atomic mass is 19.1. The highest BCUT2D eigenvalue weighted by Crippen LogP contribution is 2.29. The zero-order chi connectivity index (χ0) is 14.0. The average molecular weight is 265 g/mol. The predicted molar refractivity (Wildman–Crippen MR) is 70.8 cm³/mol. The normalized spacial score (nSPS) is 11.3. The van der Waals surface area contributed by atoms with Crippen molar-refractivity contribution in [2.75, 3.05) is 0 Å². The van der Waals surface area contributed by atoms with Crippen molar-refractivity contribution in [1.82, 2.24) is 5.32 Å². The van der Waals surface area contributed by atoms with Crippen LogP contribution in [0, 0.1) is 18.6 Å². The van der Waals surface area contributed by atoms with Gasteiger partial charge in [0.1, 0.15) is 17.4 Å². The maximum Gasteiger partial charge on any atom is 0.131 e. The minimum atomic E-state index is -0.439. The van der Waals surface area contributed by atoms with Gasteiger partial charge in [-0.2, -0.15) is 0 Å². The van der Waals surface area contributed by atoms with E-state index in [0.29, 0.717) is 23.4 Å². The molecule has 0 bridgehead atoms. The summed E-state index contributed by atoms with van der Waals surface area (Å²) in [5.41, 5.74) is 1.12. The first-order chi connectivity index (χ1) is 8.99. The molecule has 0 saturated carbocycles. The van der Waals surface area contributed by atoms with Crippen LogP contribution in [0.5, 0.6) is 0 Å². The van der Waals surface area contributed by atoms with Gasteiger partial charge in [-0.25, -0.2) is 8.78 Å². The Kier molecular flexibility index (Phi) is 4.00. The zero-order valence-corrected chi connectivity index (χ0v) is 11.3. The lowest BCUT2D eigenvalue weighted by molar-refractivity contribution is 0.466. The molecular weight excluding hydrogens is 248 g/mol. The molecule has 0 radical (unpaired) electrons. The maximum atomic E-state index is 13.9. The molecular formula is C15H17F2NO. The Balaban J connectivity index is 2.37. The number of halogens is 2. The molecule has 1 N–H and O–H groups in total. The summed E-state index contributed by atoms with van der Waals surface area (Å²) in [4.78, 5) is 0. The quantitative estimate of drug-likeness (QED) is 0.902. The predicted octanol–water partition coefficient (Wildman–Crippen LogP) is 4.03. The van der Waals surface area contributed by atoms with E-state index in [1.807, 2.05) is 13.8 Å². The number of rotatable bonds is 4. The van der Waals surface area contributed by atoms with Gasteiger partial charge >= 0.3 is 0 Å². The van der Waals surface area contributed by atoms with E-state index >= 15 is 0 Å². The summed E-state index contributed by atoms with van der Waals surface area (Å²) in [6, 6.07) is 4.37. The summed E-state index contributed by atoms with van der Waals surface area (Å²) < 4.78 is 32.9. The van der Waals surface area contributed by atoms with Gasteiger partial charge in [0.25, 0.3) is 0 Å². The zero-order valence-electron chi connectivity index (χ0n) is 11.3. The highest BCUT2D eigenvalue weighted by Gasteiger charge is 2.15. The van der Waals surface area contributed by atoms with Gasteiger partial charge in [0, 0.05) is 17.2 Å². The molecule has 2 rings (SSSR count). The van der Waals surface area contributed by atoms with E-state index in [0.717, 1.165) is 0 Å². The van der Waals surface area contributed by atoms with Crippen LogP contribution < -0.4 is 5.32 Å². The average Bonchev–Trinajstić information content (AvgIpc) is 2.79. The topological polar surface area (TPSA) is 25.2 Å². The van der Waals surface area contributed by atoms with Crippen molar-refractivity contribution in [2.45, 2.75) is 33.4 Å². The Bertz CT molecular complexity index is 576. The van der Waals surface area contributed by atoms with E-state index in [-0.39, 0.29) is 11.6 Å². The van der Waals surface area contributed by atoms with Gasteiger partial charge in [0.15, 0.2) is 0 Å². The van der Waals surface area contributed by atoms with Gasteiger partial charge in [0.2, 0.25) is 0 Å². The first-order valence-corrected chi connectivity index (χ1v) is 6.24. The van der Waals surface area contributed by atoms with Crippen molar-refractivity contribution >= 4 is 0 Å². The van der Waals surface area contributed by atoms with Crippen LogP contribution in [0.2, 0.25) is 0 Å². The molecule has 2 aromatic rings. The Morgan fingerprint density at radius 1 is 1.16 bits per heavy atom. The van der Waals surface area contributed by atoms with E-state index in [1.54, 1.807) is 13.0 Å². The van der Waals surface area contributed by atoms with Crippen molar-refractivity contribution in [2.24, 2.45) is 0 Å². The molecule has 2 nitrogen and oxygen atoms in total. The van der Waals surface area contributed by atoms with Crippen LogP contribution in [0.15, 0.2) is 28.9 Å². The van der Waals surface area contributed by atoms with E-state index in [1.165, 1.54) is 18.4 Å². The van der Waals surface area contributed by atoms with E-state index in [2.05, 4.69) is 5.32 Å². The van der Waals surface area contributed by atoms with Gasteiger partial charge in [0.05, 0.1) is 12.8 Å². The molecule has 0 spiro atoms. The Morgan fingerprint density at radius 2 is 1.89 bits per heavy atom. The molecule has 0 unspecified atom stereocenters. The van der Waals surface area contributed by atoms with Crippen LogP contribution in [0.1, 0.15) is 25.2 Å². The Labute approximate surface area is 111 Å². The van der Waals surface area contributed by atoms with Crippen molar-refractivity contribution < 1.29 is 13.2 Å². The van der Waals surface area contributed by atoms with Crippen LogP contribution in [0.3, 0.4) is 0 Å². The molecule has 1 aromatic heterocycles. The monoisotopic (exact) mass is 265 g/mol. The van der Waals surface area contributed by atoms with Gasteiger partial charge in [-0.05, 0) is 30.7 Å². The number of furan rings is 1. The summed E-state index contributed by atoms with van der Waals surface area (Å²) in [7, 11) is 0. The smallest absolute Gasteiger partial charge is 0.131 e. The molecule has 0 fully saturated rings. The third-order valence-corrected chi connectivity index (χ3v) is 2.95. The third-order valence-electron chi connectivity index (χ3n) is 2.95. The van der Waals surface area contributed by atoms with Crippen LogP contribution >= 0.6 is 0 Å². The molecule has 0 saturated heterocycles. The summed E-state index contributed by atoms with van der Waals surface area (Å²) in [6.45, 7) is 6.04. The molecule has 0 aliphatic carbocycles. The van der Waals surface area contributed by atoms with Crippen molar-refractivity contribution in [3.63, 3.8) is 0 Å². The fourth-order valence-electron chi connectivity index (χ4n) is 1.87. The first kappa shape index (κ1) is 13.7. The van der Waals surface area contributed by atoms with Gasteiger partial charge in [-0.3, -0.25) is 0 Å².